The largest absolute Gasteiger partial charge is 0.494 e. The summed E-state index contributed by atoms with van der Waals surface area (Å²) in [6, 6.07) is 0. The van der Waals surface area contributed by atoms with Crippen LogP contribution in [0.15, 0.2) is 12.4 Å². The third-order valence-electron chi connectivity index (χ3n) is 2.08. The Kier molecular flexibility index (Phi) is 2.32. The Hall–Kier alpha value is -1.98. The SMILES string of the molecule is COc1cnc(N2CC(=O)CC2=O)nc1. The number of carbonyl (C=O) groups excluding carboxylic acids is 2. The molecule has 0 spiro atoms. The van der Waals surface area contributed by atoms with Crippen LogP contribution >= 0.6 is 0 Å². The lowest BCUT2D eigenvalue weighted by Gasteiger charge is -2.11. The molecule has 2 rings (SSSR count). The Labute approximate surface area is 85.9 Å². The van der Waals surface area contributed by atoms with E-state index in [1.54, 1.807) is 0 Å². The molecule has 6 heteroatoms. The number of hydrogen-bond acceptors (Lipinski definition) is 5. The summed E-state index contributed by atoms with van der Waals surface area (Å²) in [6.07, 6.45) is 2.85. The molecule has 0 saturated carbocycles. The molecule has 0 unspecified atom stereocenters. The molecule has 1 saturated heterocycles. The molecule has 0 aliphatic carbocycles. The van der Waals surface area contributed by atoms with E-state index in [1.807, 2.05) is 0 Å². The monoisotopic (exact) mass is 207 g/mol. The van der Waals surface area contributed by atoms with Crippen molar-refractivity contribution in [3.8, 4) is 5.75 Å². The highest BCUT2D eigenvalue weighted by atomic mass is 16.5. The molecule has 6 nitrogen and oxygen atoms in total. The van der Waals surface area contributed by atoms with E-state index in [-0.39, 0.29) is 30.6 Å². The van der Waals surface area contributed by atoms with E-state index in [2.05, 4.69) is 9.97 Å². The minimum atomic E-state index is -0.259. The smallest absolute Gasteiger partial charge is 0.237 e. The zero-order valence-corrected chi connectivity index (χ0v) is 8.14. The van der Waals surface area contributed by atoms with E-state index in [0.29, 0.717) is 5.75 Å². The number of methoxy groups -OCH3 is 1. The second-order valence-corrected chi connectivity index (χ2v) is 3.12. The van der Waals surface area contributed by atoms with E-state index in [0.717, 1.165) is 0 Å². The minimum absolute atomic E-state index is 0.0601. The fourth-order valence-electron chi connectivity index (χ4n) is 1.32. The lowest BCUT2D eigenvalue weighted by Crippen LogP contribution is -2.26. The molecule has 15 heavy (non-hydrogen) atoms. The molecule has 1 amide bonds. The summed E-state index contributed by atoms with van der Waals surface area (Å²) in [6.45, 7) is 0.0607. The van der Waals surface area contributed by atoms with E-state index < -0.39 is 0 Å². The highest BCUT2D eigenvalue weighted by Crippen LogP contribution is 2.16. The molecule has 1 fully saturated rings. The molecule has 0 bridgehead atoms. The predicted octanol–water partition coefficient (Wildman–Crippen LogP) is -0.209. The van der Waals surface area contributed by atoms with Crippen molar-refractivity contribution >= 4 is 17.6 Å². The number of Topliss-reactive ketones (excluding diaryl/α,β-unsaturated/α-hetero) is 1. The zero-order chi connectivity index (χ0) is 10.8. The Morgan fingerprint density at radius 3 is 2.47 bits per heavy atom. The molecular formula is C9H9N3O3. The van der Waals surface area contributed by atoms with Gasteiger partial charge >= 0.3 is 0 Å². The van der Waals surface area contributed by atoms with Gasteiger partial charge in [-0.05, 0) is 0 Å². The van der Waals surface area contributed by atoms with Gasteiger partial charge in [-0.15, -0.1) is 0 Å². The maximum absolute atomic E-state index is 11.3. The van der Waals surface area contributed by atoms with Gasteiger partial charge < -0.3 is 4.74 Å². The molecular weight excluding hydrogens is 198 g/mol. The van der Waals surface area contributed by atoms with Crippen LogP contribution in [-0.2, 0) is 9.59 Å². The quantitative estimate of drug-likeness (QED) is 0.627. The van der Waals surface area contributed by atoms with Gasteiger partial charge in [0.2, 0.25) is 11.9 Å². The van der Waals surface area contributed by atoms with Crippen LogP contribution in [0.25, 0.3) is 0 Å². The number of ether oxygens (including phenoxy) is 1. The van der Waals surface area contributed by atoms with Crippen molar-refractivity contribution in [1.82, 2.24) is 9.97 Å². The van der Waals surface area contributed by atoms with E-state index in [1.165, 1.54) is 24.4 Å². The molecule has 1 aliphatic rings. The average molecular weight is 207 g/mol. The van der Waals surface area contributed by atoms with Crippen molar-refractivity contribution < 1.29 is 14.3 Å². The number of rotatable bonds is 2. The van der Waals surface area contributed by atoms with Gasteiger partial charge in [-0.25, -0.2) is 9.97 Å². The summed E-state index contributed by atoms with van der Waals surface area (Å²) in [5.74, 6) is 0.382. The Morgan fingerprint density at radius 1 is 1.33 bits per heavy atom. The minimum Gasteiger partial charge on any atom is -0.494 e. The average Bonchev–Trinajstić information content (AvgIpc) is 2.58. The lowest BCUT2D eigenvalue weighted by atomic mass is 10.3. The van der Waals surface area contributed by atoms with Gasteiger partial charge in [-0.1, -0.05) is 0 Å². The van der Waals surface area contributed by atoms with Crippen LogP contribution in [0, 0.1) is 0 Å². The predicted molar refractivity (Wildman–Crippen MR) is 50.6 cm³/mol. The van der Waals surface area contributed by atoms with Crippen molar-refractivity contribution in [1.29, 1.82) is 0 Å². The number of ketones is 1. The Balaban J connectivity index is 2.22. The van der Waals surface area contributed by atoms with Gasteiger partial charge in [-0.3, -0.25) is 14.5 Å². The third kappa shape index (κ3) is 1.78. The fraction of sp³-hybridized carbons (Fsp3) is 0.333. The maximum Gasteiger partial charge on any atom is 0.237 e. The first-order valence-corrected chi connectivity index (χ1v) is 4.39. The number of nitrogens with zero attached hydrogens (tertiary/aromatic N) is 3. The first-order valence-electron chi connectivity index (χ1n) is 4.39. The van der Waals surface area contributed by atoms with Gasteiger partial charge in [0, 0.05) is 0 Å². The number of hydrogen-bond donors (Lipinski definition) is 0. The lowest BCUT2D eigenvalue weighted by molar-refractivity contribution is -0.121. The molecule has 0 atom stereocenters. The normalized spacial score (nSPS) is 15.9. The second kappa shape index (κ2) is 3.64. The topological polar surface area (TPSA) is 72.4 Å². The van der Waals surface area contributed by atoms with Crippen molar-refractivity contribution in [3.05, 3.63) is 12.4 Å². The molecule has 1 aromatic rings. The first kappa shape index (κ1) is 9.57. The molecule has 2 heterocycles. The molecule has 1 aromatic heterocycles. The number of aromatic nitrogens is 2. The van der Waals surface area contributed by atoms with E-state index in [9.17, 15) is 9.59 Å². The molecule has 0 N–H and O–H groups in total. The van der Waals surface area contributed by atoms with Gasteiger partial charge in [0.05, 0.1) is 32.5 Å². The highest BCUT2D eigenvalue weighted by molar-refractivity contribution is 6.14. The molecule has 0 radical (unpaired) electrons. The van der Waals surface area contributed by atoms with Gasteiger partial charge in [-0.2, -0.15) is 0 Å². The standard InChI is InChI=1S/C9H9N3O3/c1-15-7-3-10-9(11-4-7)12-5-6(13)2-8(12)14/h3-4H,2,5H2,1H3. The summed E-state index contributed by atoms with van der Waals surface area (Å²) >= 11 is 0. The maximum atomic E-state index is 11.3. The van der Waals surface area contributed by atoms with Crippen LogP contribution in [0.2, 0.25) is 0 Å². The number of carbonyl (C=O) groups is 2. The first-order chi connectivity index (χ1) is 7.20. The fourth-order valence-corrected chi connectivity index (χ4v) is 1.32. The number of anilines is 1. The van der Waals surface area contributed by atoms with Crippen LogP contribution < -0.4 is 9.64 Å². The second-order valence-electron chi connectivity index (χ2n) is 3.12. The van der Waals surface area contributed by atoms with Crippen molar-refractivity contribution in [3.63, 3.8) is 0 Å². The van der Waals surface area contributed by atoms with Crippen LogP contribution in [-0.4, -0.2) is 35.3 Å². The van der Waals surface area contributed by atoms with Gasteiger partial charge in [0.1, 0.15) is 0 Å². The molecule has 78 valence electrons. The van der Waals surface area contributed by atoms with Gasteiger partial charge in [0.15, 0.2) is 11.5 Å². The van der Waals surface area contributed by atoms with Crippen molar-refractivity contribution in [2.24, 2.45) is 0 Å². The van der Waals surface area contributed by atoms with Crippen LogP contribution in [0.3, 0.4) is 0 Å². The molecule has 0 aromatic carbocycles. The highest BCUT2D eigenvalue weighted by Gasteiger charge is 2.30. The summed E-state index contributed by atoms with van der Waals surface area (Å²) in [5.41, 5.74) is 0. The Morgan fingerprint density at radius 2 is 2.00 bits per heavy atom. The summed E-state index contributed by atoms with van der Waals surface area (Å²) in [5, 5.41) is 0. The van der Waals surface area contributed by atoms with Crippen LogP contribution in [0.5, 0.6) is 5.75 Å². The summed E-state index contributed by atoms with van der Waals surface area (Å²) in [7, 11) is 1.50. The van der Waals surface area contributed by atoms with Crippen molar-refractivity contribution in [2.75, 3.05) is 18.6 Å². The molecule has 1 aliphatic heterocycles. The summed E-state index contributed by atoms with van der Waals surface area (Å²) in [4.78, 5) is 31.5. The number of amides is 1. The Bertz CT molecular complexity index is 402. The van der Waals surface area contributed by atoms with E-state index >= 15 is 0 Å². The van der Waals surface area contributed by atoms with Crippen molar-refractivity contribution in [2.45, 2.75) is 6.42 Å². The summed E-state index contributed by atoms with van der Waals surface area (Å²) < 4.78 is 4.88. The van der Waals surface area contributed by atoms with Gasteiger partial charge in [0.25, 0.3) is 0 Å². The zero-order valence-electron chi connectivity index (χ0n) is 8.14. The van der Waals surface area contributed by atoms with E-state index in [4.69, 9.17) is 4.74 Å². The van der Waals surface area contributed by atoms with Crippen LogP contribution in [0.1, 0.15) is 6.42 Å². The van der Waals surface area contributed by atoms with Crippen LogP contribution in [0.4, 0.5) is 5.95 Å². The third-order valence-corrected chi connectivity index (χ3v) is 2.08.